The molecular formula is C25H26N4. The molecule has 4 heteroatoms. The Morgan fingerprint density at radius 2 is 2.14 bits per heavy atom. The van der Waals surface area contributed by atoms with Crippen LogP contribution in [-0.2, 0) is 6.42 Å². The fourth-order valence-electron chi connectivity index (χ4n) is 3.90. The number of fused-ring (bicyclic) bond motifs is 2. The van der Waals surface area contributed by atoms with Crippen molar-refractivity contribution in [3.05, 3.63) is 108 Å². The molecule has 2 aliphatic rings. The van der Waals surface area contributed by atoms with Crippen molar-refractivity contribution in [2.75, 3.05) is 12.4 Å². The first-order valence-electron chi connectivity index (χ1n) is 9.71. The third kappa shape index (κ3) is 3.19. The second-order valence-electron chi connectivity index (χ2n) is 7.31. The van der Waals surface area contributed by atoms with E-state index in [1.165, 1.54) is 22.1 Å². The minimum absolute atomic E-state index is 0. The molecule has 2 N–H and O–H groups in total. The number of benzene rings is 2. The van der Waals surface area contributed by atoms with Crippen LogP contribution < -0.4 is 5.32 Å². The number of aromatic amines is 1. The Labute approximate surface area is 173 Å². The Bertz CT molecular complexity index is 1250. The van der Waals surface area contributed by atoms with E-state index in [1.807, 2.05) is 36.5 Å². The van der Waals surface area contributed by atoms with Crippen molar-refractivity contribution in [3.63, 3.8) is 0 Å². The summed E-state index contributed by atoms with van der Waals surface area (Å²) < 4.78 is 0. The van der Waals surface area contributed by atoms with E-state index in [-0.39, 0.29) is 2.85 Å². The van der Waals surface area contributed by atoms with Crippen LogP contribution in [0, 0.1) is 0 Å². The van der Waals surface area contributed by atoms with E-state index >= 15 is 0 Å². The van der Waals surface area contributed by atoms with Crippen molar-refractivity contribution in [2.24, 2.45) is 4.99 Å². The van der Waals surface area contributed by atoms with Crippen LogP contribution in [0.5, 0.6) is 0 Å². The Hall–Kier alpha value is -3.79. The molecule has 3 aromatic rings. The van der Waals surface area contributed by atoms with E-state index in [0.717, 1.165) is 34.9 Å². The number of anilines is 1. The highest BCUT2D eigenvalue weighted by Crippen LogP contribution is 2.33. The van der Waals surface area contributed by atoms with E-state index in [9.17, 15) is 0 Å². The van der Waals surface area contributed by atoms with Gasteiger partial charge in [0.15, 0.2) is 0 Å². The van der Waals surface area contributed by atoms with Crippen molar-refractivity contribution in [1.82, 2.24) is 9.88 Å². The number of hydrogen-bond acceptors (Lipinski definition) is 3. The largest absolute Gasteiger partial charge is 0.361 e. The molecule has 0 unspecified atom stereocenters. The smallest absolute Gasteiger partial charge is 0.142 e. The summed E-state index contributed by atoms with van der Waals surface area (Å²) in [6, 6.07) is 16.8. The Morgan fingerprint density at radius 1 is 1.24 bits per heavy atom. The van der Waals surface area contributed by atoms with Crippen molar-refractivity contribution in [2.45, 2.75) is 6.42 Å². The monoisotopic (exact) mass is 382 g/mol. The van der Waals surface area contributed by atoms with Crippen LogP contribution in [0.3, 0.4) is 0 Å². The molecule has 0 bridgehead atoms. The number of amidine groups is 1. The fourth-order valence-corrected chi connectivity index (χ4v) is 3.90. The third-order valence-electron chi connectivity index (χ3n) is 5.40. The summed E-state index contributed by atoms with van der Waals surface area (Å²) in [6.07, 6.45) is 11.0. The van der Waals surface area contributed by atoms with Crippen molar-refractivity contribution in [3.8, 4) is 0 Å². The van der Waals surface area contributed by atoms with E-state index in [1.54, 1.807) is 0 Å². The molecule has 0 spiro atoms. The van der Waals surface area contributed by atoms with E-state index in [4.69, 9.17) is 4.99 Å². The fraction of sp³-hybridized carbons (Fsp3) is 0.0800. The van der Waals surface area contributed by atoms with Crippen molar-refractivity contribution in [1.29, 1.82) is 0 Å². The van der Waals surface area contributed by atoms with Gasteiger partial charge in [0.25, 0.3) is 0 Å². The number of H-pyrrole nitrogens is 1. The van der Waals surface area contributed by atoms with Gasteiger partial charge in [0, 0.05) is 44.5 Å². The summed E-state index contributed by atoms with van der Waals surface area (Å²) in [5, 5.41) is 4.61. The predicted molar refractivity (Wildman–Crippen MR) is 126 cm³/mol. The molecule has 0 atom stereocenters. The molecule has 1 aliphatic heterocycles. The molecule has 5 rings (SSSR count). The van der Waals surface area contributed by atoms with Gasteiger partial charge in [0.1, 0.15) is 11.7 Å². The van der Waals surface area contributed by atoms with Crippen LogP contribution >= 0.6 is 0 Å². The van der Waals surface area contributed by atoms with E-state index in [0.29, 0.717) is 0 Å². The first-order chi connectivity index (χ1) is 14.2. The molecule has 29 heavy (non-hydrogen) atoms. The van der Waals surface area contributed by atoms with Gasteiger partial charge < -0.3 is 15.2 Å². The molecule has 146 valence electrons. The number of hydrogen-bond donors (Lipinski definition) is 2. The van der Waals surface area contributed by atoms with Gasteiger partial charge >= 0.3 is 0 Å². The van der Waals surface area contributed by atoms with Crippen molar-refractivity contribution < 1.29 is 2.85 Å². The van der Waals surface area contributed by atoms with Crippen LogP contribution in [-0.4, -0.2) is 22.8 Å². The molecule has 0 radical (unpaired) electrons. The molecule has 1 aromatic heterocycles. The molecule has 0 amide bonds. The lowest BCUT2D eigenvalue weighted by atomic mass is 10.0. The maximum absolute atomic E-state index is 4.91. The van der Waals surface area contributed by atoms with E-state index in [2.05, 4.69) is 71.5 Å². The third-order valence-corrected chi connectivity index (χ3v) is 5.40. The highest BCUT2D eigenvalue weighted by molar-refractivity contribution is 6.05. The second-order valence-corrected chi connectivity index (χ2v) is 7.31. The van der Waals surface area contributed by atoms with Gasteiger partial charge in [-0.3, -0.25) is 0 Å². The van der Waals surface area contributed by atoms with Gasteiger partial charge in [0.05, 0.1) is 0 Å². The number of nitrogens with zero attached hydrogens (tertiary/aromatic N) is 2. The number of allylic oxidation sites excluding steroid dienone is 3. The molecule has 2 heterocycles. The lowest BCUT2D eigenvalue weighted by Crippen LogP contribution is -2.21. The molecule has 4 nitrogen and oxygen atoms in total. The van der Waals surface area contributed by atoms with Gasteiger partial charge in [-0.05, 0) is 53.5 Å². The number of rotatable bonds is 3. The van der Waals surface area contributed by atoms with Crippen LogP contribution in [0.15, 0.2) is 102 Å². The maximum Gasteiger partial charge on any atom is 0.142 e. The standard InChI is InChI=1S/C25H22N4.2H2/c1-3-22(20-14-17-6-4-5-7-18(17)15-20)25-28-24(11-13-29(25)2)27-21-8-9-23-19(16-21)10-12-26-23;;/h3-14,16,26H,1,15H2,2H3,(H,27,28);2*1H/b25-22+;;. The lowest BCUT2D eigenvalue weighted by Gasteiger charge is -2.23. The molecular weight excluding hydrogens is 356 g/mol. The lowest BCUT2D eigenvalue weighted by molar-refractivity contribution is 0.552. The second kappa shape index (κ2) is 6.99. The summed E-state index contributed by atoms with van der Waals surface area (Å²) in [5.41, 5.74) is 7.07. The van der Waals surface area contributed by atoms with Crippen LogP contribution in [0.2, 0.25) is 0 Å². The summed E-state index contributed by atoms with van der Waals surface area (Å²) >= 11 is 0. The Balaban J connectivity index is 0.00000136. The van der Waals surface area contributed by atoms with Crippen LogP contribution in [0.25, 0.3) is 17.0 Å². The highest BCUT2D eigenvalue weighted by Gasteiger charge is 2.20. The van der Waals surface area contributed by atoms with E-state index < -0.39 is 0 Å². The molecule has 0 fully saturated rings. The molecule has 2 aromatic carbocycles. The van der Waals surface area contributed by atoms with Crippen LogP contribution in [0.4, 0.5) is 5.69 Å². The number of aliphatic imine (C=N–C) groups is 1. The zero-order valence-corrected chi connectivity index (χ0v) is 16.3. The summed E-state index contributed by atoms with van der Waals surface area (Å²) in [6.45, 7) is 4.07. The van der Waals surface area contributed by atoms with Gasteiger partial charge in [-0.15, -0.1) is 0 Å². The minimum Gasteiger partial charge on any atom is -0.361 e. The maximum atomic E-state index is 4.91. The highest BCUT2D eigenvalue weighted by atomic mass is 15.2. The van der Waals surface area contributed by atoms with Gasteiger partial charge in [-0.25, -0.2) is 4.99 Å². The number of aromatic nitrogens is 1. The van der Waals surface area contributed by atoms with Gasteiger partial charge in [0.2, 0.25) is 0 Å². The average molecular weight is 383 g/mol. The SMILES string of the molecule is C=C/C(C1=Cc2ccccc2C1)=C1/N=C(Nc2ccc3[nH]ccc3c2)C=CN1C.[HH].[HH]. The van der Waals surface area contributed by atoms with Crippen LogP contribution in [0.1, 0.15) is 14.0 Å². The first-order valence-corrected chi connectivity index (χ1v) is 9.71. The average Bonchev–Trinajstić information content (AvgIpc) is 3.37. The summed E-state index contributed by atoms with van der Waals surface area (Å²) in [4.78, 5) is 10.2. The predicted octanol–water partition coefficient (Wildman–Crippen LogP) is 5.97. The Morgan fingerprint density at radius 3 is 3.00 bits per heavy atom. The minimum atomic E-state index is 0. The zero-order chi connectivity index (χ0) is 19.8. The quantitative estimate of drug-likeness (QED) is 0.586. The molecule has 1 aliphatic carbocycles. The first kappa shape index (κ1) is 17.3. The topological polar surface area (TPSA) is 43.4 Å². The van der Waals surface area contributed by atoms with Gasteiger partial charge in [-0.1, -0.05) is 43.0 Å². The normalized spacial score (nSPS) is 17.1. The molecule has 0 saturated heterocycles. The molecule has 0 saturated carbocycles. The summed E-state index contributed by atoms with van der Waals surface area (Å²) in [7, 11) is 2.02. The number of nitrogens with one attached hydrogen (secondary N) is 2. The van der Waals surface area contributed by atoms with Gasteiger partial charge in [-0.2, -0.15) is 0 Å². The van der Waals surface area contributed by atoms with Crippen molar-refractivity contribution >= 4 is 28.5 Å². The Kier molecular flexibility index (Phi) is 4.17. The summed E-state index contributed by atoms with van der Waals surface area (Å²) in [5.74, 6) is 1.70. The zero-order valence-electron chi connectivity index (χ0n) is 16.3.